The third-order valence-electron chi connectivity index (χ3n) is 3.17. The highest BCUT2D eigenvalue weighted by atomic mass is 35.5. The Balaban J connectivity index is 2.67. The number of halogens is 2. The highest BCUT2D eigenvalue weighted by Crippen LogP contribution is 2.28. The highest BCUT2D eigenvalue weighted by Gasteiger charge is 2.25. The van der Waals surface area contributed by atoms with Gasteiger partial charge in [-0.2, -0.15) is 0 Å². The fraction of sp³-hybridized carbons (Fsp3) is 0.471. The second-order valence-corrected chi connectivity index (χ2v) is 6.61. The van der Waals surface area contributed by atoms with Crippen LogP contribution in [0.5, 0.6) is 5.75 Å². The molecule has 10 heteroatoms. The molecule has 1 amide bonds. The van der Waals surface area contributed by atoms with Crippen molar-refractivity contribution >= 4 is 41.2 Å². The zero-order valence-electron chi connectivity index (χ0n) is 15.0. The van der Waals surface area contributed by atoms with E-state index in [2.05, 4.69) is 5.32 Å². The van der Waals surface area contributed by atoms with E-state index in [0.29, 0.717) is 5.02 Å². The van der Waals surface area contributed by atoms with Crippen molar-refractivity contribution in [2.24, 2.45) is 5.92 Å². The topological polar surface area (TPSA) is 111 Å². The average Bonchev–Trinajstić information content (AvgIpc) is 2.60. The number of benzene rings is 1. The van der Waals surface area contributed by atoms with Gasteiger partial charge >= 0.3 is 18.0 Å². The molecule has 2 N–H and O–H groups in total. The number of hydrogen-bond acceptors (Lipinski definition) is 6. The molecule has 0 aliphatic carbocycles. The molecule has 0 saturated carbocycles. The number of ether oxygens (including phenoxy) is 3. The Labute approximate surface area is 166 Å². The van der Waals surface area contributed by atoms with Crippen LogP contribution in [0, 0.1) is 5.92 Å². The van der Waals surface area contributed by atoms with E-state index in [1.165, 1.54) is 18.2 Å². The van der Waals surface area contributed by atoms with Gasteiger partial charge in [0, 0.05) is 23.4 Å². The minimum Gasteiger partial charge on any atom is -0.478 e. The van der Waals surface area contributed by atoms with Crippen molar-refractivity contribution in [2.45, 2.75) is 39.6 Å². The second kappa shape index (κ2) is 10.8. The van der Waals surface area contributed by atoms with Gasteiger partial charge in [-0.3, -0.25) is 4.79 Å². The van der Waals surface area contributed by atoms with Crippen molar-refractivity contribution in [1.29, 1.82) is 0 Å². The molecule has 0 fully saturated rings. The standard InChI is InChI=1S/C17H21Cl2NO7/c1-4-14(21)26-16(9(2)3)27-17(24)20-8-13(15(22)23)25-12-7-10(18)5-6-11(12)19/h5-7,9,13,16H,4,8H2,1-3H3,(H,20,24)(H,22,23)/t13-,16+/m0/s1. The lowest BCUT2D eigenvalue weighted by Gasteiger charge is -2.22. The number of carbonyl (C=O) groups is 3. The number of hydrogen-bond donors (Lipinski definition) is 2. The fourth-order valence-electron chi connectivity index (χ4n) is 1.73. The third-order valence-corrected chi connectivity index (χ3v) is 3.72. The summed E-state index contributed by atoms with van der Waals surface area (Å²) in [5, 5.41) is 12.0. The first-order valence-electron chi connectivity index (χ1n) is 8.12. The van der Waals surface area contributed by atoms with Gasteiger partial charge < -0.3 is 24.6 Å². The van der Waals surface area contributed by atoms with Crippen LogP contribution in [-0.4, -0.2) is 42.1 Å². The highest BCUT2D eigenvalue weighted by molar-refractivity contribution is 6.34. The van der Waals surface area contributed by atoms with E-state index in [9.17, 15) is 19.5 Å². The van der Waals surface area contributed by atoms with Gasteiger partial charge in [-0.25, -0.2) is 9.59 Å². The van der Waals surface area contributed by atoms with Gasteiger partial charge in [0.15, 0.2) is 0 Å². The summed E-state index contributed by atoms with van der Waals surface area (Å²) in [5.41, 5.74) is 0. The van der Waals surface area contributed by atoms with E-state index in [4.69, 9.17) is 37.4 Å². The van der Waals surface area contributed by atoms with Crippen LogP contribution >= 0.6 is 23.2 Å². The number of amides is 1. The van der Waals surface area contributed by atoms with Gasteiger partial charge in [-0.05, 0) is 12.1 Å². The molecule has 0 saturated heterocycles. The zero-order chi connectivity index (χ0) is 20.6. The molecule has 1 aromatic rings. The summed E-state index contributed by atoms with van der Waals surface area (Å²) in [7, 11) is 0. The van der Waals surface area contributed by atoms with Crippen LogP contribution in [0.4, 0.5) is 4.79 Å². The fourth-order valence-corrected chi connectivity index (χ4v) is 2.06. The van der Waals surface area contributed by atoms with Crippen LogP contribution in [0.3, 0.4) is 0 Å². The molecule has 0 radical (unpaired) electrons. The summed E-state index contributed by atoms with van der Waals surface area (Å²) >= 11 is 11.8. The maximum absolute atomic E-state index is 11.9. The molecule has 27 heavy (non-hydrogen) atoms. The predicted molar refractivity (Wildman–Crippen MR) is 98.0 cm³/mol. The molecule has 2 atom stereocenters. The molecule has 0 bridgehead atoms. The van der Waals surface area contributed by atoms with Crippen molar-refractivity contribution < 1.29 is 33.7 Å². The summed E-state index contributed by atoms with van der Waals surface area (Å²) in [6.45, 7) is 4.59. The molecule has 1 rings (SSSR count). The van der Waals surface area contributed by atoms with E-state index in [-0.39, 0.29) is 23.1 Å². The number of nitrogens with one attached hydrogen (secondary N) is 1. The van der Waals surface area contributed by atoms with Gasteiger partial charge in [0.05, 0.1) is 11.6 Å². The Morgan fingerprint density at radius 3 is 2.41 bits per heavy atom. The first kappa shape index (κ1) is 22.9. The smallest absolute Gasteiger partial charge is 0.410 e. The second-order valence-electron chi connectivity index (χ2n) is 5.76. The molecule has 0 heterocycles. The zero-order valence-corrected chi connectivity index (χ0v) is 16.5. The SMILES string of the molecule is CCC(=O)O[C@H](OC(=O)NC[C@H](Oc1cc(Cl)ccc1Cl)C(=O)O)C(C)C. The maximum atomic E-state index is 11.9. The third kappa shape index (κ3) is 7.92. The lowest BCUT2D eigenvalue weighted by Crippen LogP contribution is -2.42. The van der Waals surface area contributed by atoms with Crippen LogP contribution in [0.1, 0.15) is 27.2 Å². The van der Waals surface area contributed by atoms with E-state index in [0.717, 1.165) is 0 Å². The molecule has 1 aromatic carbocycles. The largest absolute Gasteiger partial charge is 0.478 e. The molecule has 8 nitrogen and oxygen atoms in total. The molecule has 0 aliphatic rings. The average molecular weight is 422 g/mol. The number of carboxylic acids is 1. The number of carboxylic acid groups (broad SMARTS) is 1. The van der Waals surface area contributed by atoms with Crippen molar-refractivity contribution in [3.8, 4) is 5.75 Å². The van der Waals surface area contributed by atoms with Gasteiger partial charge in [0.1, 0.15) is 5.75 Å². The molecule has 0 unspecified atom stereocenters. The van der Waals surface area contributed by atoms with Crippen LogP contribution in [0.25, 0.3) is 0 Å². The number of aliphatic carboxylic acids is 1. The van der Waals surface area contributed by atoms with Crippen molar-refractivity contribution in [2.75, 3.05) is 6.54 Å². The van der Waals surface area contributed by atoms with Crippen molar-refractivity contribution in [1.82, 2.24) is 5.32 Å². The lowest BCUT2D eigenvalue weighted by atomic mass is 10.2. The summed E-state index contributed by atoms with van der Waals surface area (Å²) in [6.07, 6.45) is -3.36. The monoisotopic (exact) mass is 421 g/mol. The number of esters is 1. The molecular formula is C17H21Cl2NO7. The van der Waals surface area contributed by atoms with Gasteiger partial charge in [0.25, 0.3) is 6.29 Å². The molecule has 0 aliphatic heterocycles. The van der Waals surface area contributed by atoms with Crippen molar-refractivity contribution in [3.05, 3.63) is 28.2 Å². The quantitative estimate of drug-likeness (QED) is 0.463. The van der Waals surface area contributed by atoms with E-state index >= 15 is 0 Å². The predicted octanol–water partition coefficient (Wildman–Crippen LogP) is 3.49. The van der Waals surface area contributed by atoms with Gasteiger partial charge in [0.2, 0.25) is 6.10 Å². The van der Waals surface area contributed by atoms with Gasteiger partial charge in [-0.1, -0.05) is 44.0 Å². The Bertz CT molecular complexity index is 681. The molecule has 150 valence electrons. The molecule has 0 aromatic heterocycles. The van der Waals surface area contributed by atoms with Gasteiger partial charge in [-0.15, -0.1) is 0 Å². The Hall–Kier alpha value is -2.19. The van der Waals surface area contributed by atoms with Crippen LogP contribution in [-0.2, 0) is 19.1 Å². The number of rotatable bonds is 9. The Kier molecular flexibility index (Phi) is 9.17. The van der Waals surface area contributed by atoms with Crippen LogP contribution < -0.4 is 10.1 Å². The van der Waals surface area contributed by atoms with E-state index in [1.54, 1.807) is 20.8 Å². The van der Waals surface area contributed by atoms with Crippen LogP contribution in [0.15, 0.2) is 18.2 Å². The van der Waals surface area contributed by atoms with E-state index in [1.807, 2.05) is 0 Å². The lowest BCUT2D eigenvalue weighted by molar-refractivity contribution is -0.174. The maximum Gasteiger partial charge on any atom is 0.410 e. The van der Waals surface area contributed by atoms with Crippen molar-refractivity contribution in [3.63, 3.8) is 0 Å². The first-order valence-corrected chi connectivity index (χ1v) is 8.88. The summed E-state index contributed by atoms with van der Waals surface area (Å²) in [6, 6.07) is 4.33. The minimum atomic E-state index is -1.44. The summed E-state index contributed by atoms with van der Waals surface area (Å²) in [5.74, 6) is -2.08. The Morgan fingerprint density at radius 2 is 1.85 bits per heavy atom. The normalized spacial score (nSPS) is 12.8. The molecular weight excluding hydrogens is 401 g/mol. The summed E-state index contributed by atoms with van der Waals surface area (Å²) < 4.78 is 15.3. The number of carbonyl (C=O) groups excluding carboxylic acids is 2. The van der Waals surface area contributed by atoms with E-state index < -0.39 is 37.0 Å². The first-order chi connectivity index (χ1) is 12.6. The molecule has 0 spiro atoms. The Morgan fingerprint density at radius 1 is 1.19 bits per heavy atom. The summed E-state index contributed by atoms with van der Waals surface area (Å²) in [4.78, 5) is 34.6. The van der Waals surface area contributed by atoms with Crippen LogP contribution in [0.2, 0.25) is 10.0 Å². The minimum absolute atomic E-state index is 0.0590. The number of alkyl carbamates (subject to hydrolysis) is 1.